The van der Waals surface area contributed by atoms with Crippen molar-refractivity contribution in [1.82, 2.24) is 0 Å². The van der Waals surface area contributed by atoms with Gasteiger partial charge in [-0.05, 0) is 30.2 Å². The first-order chi connectivity index (χ1) is 5.47. The molecule has 0 unspecified atom stereocenters. The second-order valence-electron chi connectivity index (χ2n) is 3.35. The number of rotatable bonds is 1. The minimum atomic E-state index is 0. The van der Waals surface area contributed by atoms with Crippen LogP contribution in [0.25, 0.3) is 0 Å². The first kappa shape index (κ1) is 10.8. The number of hydrogen-bond donors (Lipinski definition) is 0. The molecule has 0 nitrogen and oxygen atoms in total. The molecule has 1 aromatic heterocycles. The van der Waals surface area contributed by atoms with E-state index in [1.807, 2.05) is 11.3 Å². The van der Waals surface area contributed by atoms with Crippen LogP contribution in [0.15, 0.2) is 17.5 Å². The van der Waals surface area contributed by atoms with Crippen LogP contribution >= 0.6 is 11.3 Å². The van der Waals surface area contributed by atoms with Gasteiger partial charge in [-0.25, -0.2) is 0 Å². The topological polar surface area (TPSA) is 0 Å². The maximum Gasteiger partial charge on any atom is 1.00 e. The quantitative estimate of drug-likeness (QED) is 0.578. The van der Waals surface area contributed by atoms with Gasteiger partial charge < -0.3 is 1.43 Å². The van der Waals surface area contributed by atoms with Crippen molar-refractivity contribution in [3.8, 4) is 0 Å². The van der Waals surface area contributed by atoms with Crippen molar-refractivity contribution in [1.29, 1.82) is 0 Å². The van der Waals surface area contributed by atoms with Gasteiger partial charge in [-0.1, -0.05) is 25.3 Å². The molecule has 0 bridgehead atoms. The van der Waals surface area contributed by atoms with Crippen LogP contribution in [0.2, 0.25) is 0 Å². The van der Waals surface area contributed by atoms with E-state index in [9.17, 15) is 0 Å². The van der Waals surface area contributed by atoms with Crippen molar-refractivity contribution in [2.45, 2.75) is 38.0 Å². The van der Waals surface area contributed by atoms with Crippen LogP contribution < -0.4 is 29.6 Å². The zero-order valence-electron chi connectivity index (χ0n) is 8.75. The first-order valence-corrected chi connectivity index (χ1v) is 5.38. The van der Waals surface area contributed by atoms with E-state index in [1.165, 1.54) is 32.1 Å². The minimum Gasteiger partial charge on any atom is -1.00 e. The molecule has 1 fully saturated rings. The van der Waals surface area contributed by atoms with Crippen LogP contribution in [-0.2, 0) is 0 Å². The van der Waals surface area contributed by atoms with Crippen molar-refractivity contribution >= 4 is 11.3 Å². The van der Waals surface area contributed by atoms with Crippen LogP contribution in [-0.4, -0.2) is 0 Å². The molecule has 12 heavy (non-hydrogen) atoms. The molecule has 0 amide bonds. The first-order valence-electron chi connectivity index (χ1n) is 4.50. The third-order valence-electron chi connectivity index (χ3n) is 2.55. The molecule has 2 rings (SSSR count). The fraction of sp³-hybridized carbons (Fsp3) is 0.600. The normalized spacial score (nSPS) is 18.7. The standard InChI is InChI=1S/C10H14S.Na.H/c1-2-5-9(6-3-1)10-7-4-8-11-10;;/h4,7-9H,1-3,5-6H2;;/q;+1;-1. The van der Waals surface area contributed by atoms with Crippen molar-refractivity contribution < 1.29 is 31.0 Å². The summed E-state index contributed by atoms with van der Waals surface area (Å²) >= 11 is 1.93. The van der Waals surface area contributed by atoms with Gasteiger partial charge >= 0.3 is 29.6 Å². The van der Waals surface area contributed by atoms with Crippen LogP contribution in [0.5, 0.6) is 0 Å². The summed E-state index contributed by atoms with van der Waals surface area (Å²) in [5, 5.41) is 2.20. The Labute approximate surface area is 102 Å². The summed E-state index contributed by atoms with van der Waals surface area (Å²) in [6.07, 6.45) is 7.22. The van der Waals surface area contributed by atoms with E-state index in [0.717, 1.165) is 5.92 Å². The SMILES string of the molecule is [H-].[Na+].c1csc(C2CCCCC2)c1. The average molecular weight is 190 g/mol. The molecular weight excluding hydrogens is 175 g/mol. The van der Waals surface area contributed by atoms with E-state index in [4.69, 9.17) is 0 Å². The Hall–Kier alpha value is 0.700. The van der Waals surface area contributed by atoms with E-state index < -0.39 is 0 Å². The second-order valence-corrected chi connectivity index (χ2v) is 4.33. The Morgan fingerprint density at radius 3 is 2.58 bits per heavy atom. The Bertz CT molecular complexity index is 205. The molecule has 2 heteroatoms. The Kier molecular flexibility index (Phi) is 4.88. The molecule has 62 valence electrons. The van der Waals surface area contributed by atoms with Crippen molar-refractivity contribution in [2.24, 2.45) is 0 Å². The molecule has 1 aromatic rings. The Balaban J connectivity index is 0.000000720. The molecule has 0 atom stereocenters. The van der Waals surface area contributed by atoms with Gasteiger partial charge in [-0.15, -0.1) is 11.3 Å². The minimum absolute atomic E-state index is 0. The fourth-order valence-corrected chi connectivity index (χ4v) is 2.81. The predicted molar refractivity (Wildman–Crippen MR) is 51.3 cm³/mol. The van der Waals surface area contributed by atoms with Crippen LogP contribution in [0, 0.1) is 0 Å². The summed E-state index contributed by atoms with van der Waals surface area (Å²) in [7, 11) is 0. The molecule has 1 heterocycles. The Morgan fingerprint density at radius 1 is 1.25 bits per heavy atom. The summed E-state index contributed by atoms with van der Waals surface area (Å²) in [4.78, 5) is 1.62. The molecule has 1 aliphatic carbocycles. The number of thiophene rings is 1. The molecule has 0 spiro atoms. The van der Waals surface area contributed by atoms with Gasteiger partial charge in [0.25, 0.3) is 0 Å². The molecule has 1 aliphatic rings. The van der Waals surface area contributed by atoms with Crippen molar-refractivity contribution in [3.63, 3.8) is 0 Å². The van der Waals surface area contributed by atoms with Gasteiger partial charge in [0.1, 0.15) is 0 Å². The van der Waals surface area contributed by atoms with E-state index in [1.54, 1.807) is 4.88 Å². The predicted octanol–water partition coefficient (Wildman–Crippen LogP) is 0.912. The summed E-state index contributed by atoms with van der Waals surface area (Å²) < 4.78 is 0. The Morgan fingerprint density at radius 2 is 2.00 bits per heavy atom. The maximum absolute atomic E-state index is 2.29. The summed E-state index contributed by atoms with van der Waals surface area (Å²) in [5.41, 5.74) is 0. The van der Waals surface area contributed by atoms with E-state index in [0.29, 0.717) is 0 Å². The molecule has 0 saturated heterocycles. The molecular formula is C10H15NaS. The second kappa shape index (κ2) is 5.43. The summed E-state index contributed by atoms with van der Waals surface area (Å²) in [6.45, 7) is 0. The zero-order valence-corrected chi connectivity index (χ0v) is 10.6. The largest absolute Gasteiger partial charge is 1.00 e. The third-order valence-corrected chi connectivity index (χ3v) is 3.59. The van der Waals surface area contributed by atoms with Crippen LogP contribution in [0.1, 0.15) is 44.3 Å². The van der Waals surface area contributed by atoms with Crippen LogP contribution in [0.4, 0.5) is 0 Å². The van der Waals surface area contributed by atoms with E-state index in [2.05, 4.69) is 17.5 Å². The fourth-order valence-electron chi connectivity index (χ4n) is 1.91. The van der Waals surface area contributed by atoms with Gasteiger partial charge in [0, 0.05) is 4.88 Å². The van der Waals surface area contributed by atoms with Gasteiger partial charge in [-0.3, -0.25) is 0 Å². The van der Waals surface area contributed by atoms with Gasteiger partial charge in [0.2, 0.25) is 0 Å². The maximum atomic E-state index is 2.29. The van der Waals surface area contributed by atoms with Gasteiger partial charge in [-0.2, -0.15) is 0 Å². The third kappa shape index (κ3) is 2.59. The zero-order chi connectivity index (χ0) is 7.52. The molecule has 1 saturated carbocycles. The van der Waals surface area contributed by atoms with Crippen molar-refractivity contribution in [3.05, 3.63) is 22.4 Å². The monoisotopic (exact) mass is 190 g/mol. The molecule has 0 aliphatic heterocycles. The van der Waals surface area contributed by atoms with Gasteiger partial charge in [0.05, 0.1) is 0 Å². The molecule has 0 N–H and O–H groups in total. The molecule has 0 radical (unpaired) electrons. The number of hydrogen-bond acceptors (Lipinski definition) is 1. The smallest absolute Gasteiger partial charge is 1.00 e. The summed E-state index contributed by atoms with van der Waals surface area (Å²) in [6, 6.07) is 4.47. The van der Waals surface area contributed by atoms with Gasteiger partial charge in [0.15, 0.2) is 0 Å². The van der Waals surface area contributed by atoms with E-state index in [-0.39, 0.29) is 31.0 Å². The van der Waals surface area contributed by atoms with E-state index >= 15 is 0 Å². The van der Waals surface area contributed by atoms with Crippen LogP contribution in [0.3, 0.4) is 0 Å². The summed E-state index contributed by atoms with van der Waals surface area (Å²) in [5.74, 6) is 0.906. The average Bonchev–Trinajstić information content (AvgIpc) is 2.58. The van der Waals surface area contributed by atoms with Crippen molar-refractivity contribution in [2.75, 3.05) is 0 Å². The molecule has 0 aromatic carbocycles.